The average molecular weight is 216 g/mol. The van der Waals surface area contributed by atoms with Crippen molar-refractivity contribution in [2.45, 2.75) is 6.42 Å². The molecule has 1 aromatic carbocycles. The van der Waals surface area contributed by atoms with E-state index in [2.05, 4.69) is 10.3 Å². The van der Waals surface area contributed by atoms with Crippen LogP contribution in [-0.2, 0) is 6.42 Å². The number of nitrogens with zero attached hydrogens (tertiary/aromatic N) is 1. The highest BCUT2D eigenvalue weighted by molar-refractivity contribution is 5.78. The molecule has 0 aliphatic carbocycles. The fourth-order valence-electron chi connectivity index (χ4n) is 1.59. The van der Waals surface area contributed by atoms with E-state index >= 15 is 0 Å². The number of nitrogens with one attached hydrogen (secondary N) is 1. The molecule has 2 N–H and O–H groups in total. The molecule has 0 fully saturated rings. The Morgan fingerprint density at radius 2 is 2.25 bits per heavy atom. The van der Waals surface area contributed by atoms with Gasteiger partial charge < -0.3 is 10.4 Å². The number of carbonyl (C=O) groups is 1. The minimum absolute atomic E-state index is 0.432. The molecule has 0 aliphatic heterocycles. The monoisotopic (exact) mass is 216 g/mol. The molecule has 1 amide bonds. The molecule has 4 nitrogen and oxygen atoms in total. The molecule has 2 rings (SSSR count). The summed E-state index contributed by atoms with van der Waals surface area (Å²) in [7, 11) is 0. The highest BCUT2D eigenvalue weighted by Crippen LogP contribution is 2.13. The third-order valence-electron chi connectivity index (χ3n) is 2.36. The van der Waals surface area contributed by atoms with Crippen LogP contribution in [0.2, 0.25) is 0 Å². The average Bonchev–Trinajstić information content (AvgIpc) is 2.28. The van der Waals surface area contributed by atoms with Crippen molar-refractivity contribution in [3.63, 3.8) is 0 Å². The molecule has 2 aromatic rings. The van der Waals surface area contributed by atoms with E-state index in [-0.39, 0.29) is 0 Å². The highest BCUT2D eigenvalue weighted by atomic mass is 16.4. The lowest BCUT2D eigenvalue weighted by Gasteiger charge is -2.03. The van der Waals surface area contributed by atoms with Crippen LogP contribution >= 0.6 is 0 Å². The van der Waals surface area contributed by atoms with E-state index in [0.29, 0.717) is 13.0 Å². The van der Waals surface area contributed by atoms with Gasteiger partial charge in [-0.3, -0.25) is 4.98 Å². The maximum absolute atomic E-state index is 10.3. The highest BCUT2D eigenvalue weighted by Gasteiger charge is 1.98. The molecular formula is C12H12N2O2. The van der Waals surface area contributed by atoms with Gasteiger partial charge in [0.05, 0.1) is 5.52 Å². The minimum Gasteiger partial charge on any atom is -0.465 e. The summed E-state index contributed by atoms with van der Waals surface area (Å²) in [5, 5.41) is 11.9. The van der Waals surface area contributed by atoms with Crippen LogP contribution < -0.4 is 5.32 Å². The Morgan fingerprint density at radius 1 is 1.38 bits per heavy atom. The molecule has 16 heavy (non-hydrogen) atoms. The number of hydrogen-bond acceptors (Lipinski definition) is 2. The first-order chi connectivity index (χ1) is 7.75. The standard InChI is InChI=1S/C12H12N2O2/c15-12(16)14-7-5-9-3-4-11-10(8-9)2-1-6-13-11/h1-4,6,8,14H,5,7H2,(H,15,16). The Kier molecular flexibility index (Phi) is 3.00. The van der Waals surface area contributed by atoms with Gasteiger partial charge in [0, 0.05) is 18.1 Å². The smallest absolute Gasteiger partial charge is 0.404 e. The normalized spacial score (nSPS) is 10.2. The maximum Gasteiger partial charge on any atom is 0.404 e. The van der Waals surface area contributed by atoms with Crippen molar-refractivity contribution in [3.8, 4) is 0 Å². The zero-order chi connectivity index (χ0) is 11.4. The van der Waals surface area contributed by atoms with E-state index in [0.717, 1.165) is 16.5 Å². The van der Waals surface area contributed by atoms with Crippen molar-refractivity contribution in [1.29, 1.82) is 0 Å². The topological polar surface area (TPSA) is 62.2 Å². The van der Waals surface area contributed by atoms with Gasteiger partial charge in [-0.1, -0.05) is 12.1 Å². The Bertz CT molecular complexity index is 511. The number of benzene rings is 1. The van der Waals surface area contributed by atoms with Gasteiger partial charge in [-0.05, 0) is 30.2 Å². The molecule has 82 valence electrons. The predicted molar refractivity (Wildman–Crippen MR) is 61.5 cm³/mol. The largest absolute Gasteiger partial charge is 0.465 e. The summed E-state index contributed by atoms with van der Waals surface area (Å²) in [6, 6.07) is 9.84. The molecule has 1 heterocycles. The number of pyridine rings is 1. The van der Waals surface area contributed by atoms with Gasteiger partial charge in [0.15, 0.2) is 0 Å². The third kappa shape index (κ3) is 2.48. The minimum atomic E-state index is -0.984. The number of carboxylic acid groups (broad SMARTS) is 1. The van der Waals surface area contributed by atoms with Crippen molar-refractivity contribution in [3.05, 3.63) is 42.1 Å². The first-order valence-corrected chi connectivity index (χ1v) is 5.06. The molecule has 1 aromatic heterocycles. The van der Waals surface area contributed by atoms with Crippen LogP contribution in [-0.4, -0.2) is 22.7 Å². The second-order valence-electron chi connectivity index (χ2n) is 3.51. The summed E-state index contributed by atoms with van der Waals surface area (Å²) in [6.07, 6.45) is 1.47. The Labute approximate surface area is 92.9 Å². The molecule has 4 heteroatoms. The van der Waals surface area contributed by atoms with Crippen molar-refractivity contribution in [1.82, 2.24) is 10.3 Å². The van der Waals surface area contributed by atoms with Crippen LogP contribution in [0.5, 0.6) is 0 Å². The fourth-order valence-corrected chi connectivity index (χ4v) is 1.59. The first kappa shape index (κ1) is 10.4. The second-order valence-corrected chi connectivity index (χ2v) is 3.51. The van der Waals surface area contributed by atoms with Gasteiger partial charge in [-0.25, -0.2) is 4.79 Å². The summed E-state index contributed by atoms with van der Waals surface area (Å²) in [4.78, 5) is 14.5. The van der Waals surface area contributed by atoms with Crippen molar-refractivity contribution in [2.75, 3.05) is 6.54 Å². The molecule has 0 unspecified atom stereocenters. The Balaban J connectivity index is 2.10. The summed E-state index contributed by atoms with van der Waals surface area (Å²) < 4.78 is 0. The second kappa shape index (κ2) is 4.61. The zero-order valence-electron chi connectivity index (χ0n) is 8.68. The molecule has 0 spiro atoms. The van der Waals surface area contributed by atoms with Crippen LogP contribution in [0.1, 0.15) is 5.56 Å². The van der Waals surface area contributed by atoms with Gasteiger partial charge in [0.2, 0.25) is 0 Å². The van der Waals surface area contributed by atoms with E-state index in [9.17, 15) is 4.79 Å². The maximum atomic E-state index is 10.3. The van der Waals surface area contributed by atoms with Crippen LogP contribution in [0, 0.1) is 0 Å². The number of hydrogen-bond donors (Lipinski definition) is 2. The number of rotatable bonds is 3. The lowest BCUT2D eigenvalue weighted by atomic mass is 10.1. The zero-order valence-corrected chi connectivity index (χ0v) is 8.68. The van der Waals surface area contributed by atoms with Gasteiger partial charge in [-0.2, -0.15) is 0 Å². The van der Waals surface area contributed by atoms with Crippen LogP contribution in [0.15, 0.2) is 36.5 Å². The van der Waals surface area contributed by atoms with Crippen LogP contribution in [0.4, 0.5) is 4.79 Å². The number of aromatic nitrogens is 1. The summed E-state index contributed by atoms with van der Waals surface area (Å²) in [5.41, 5.74) is 2.06. The molecule has 0 radical (unpaired) electrons. The van der Waals surface area contributed by atoms with Crippen molar-refractivity contribution >= 4 is 17.0 Å². The summed E-state index contributed by atoms with van der Waals surface area (Å²) in [5.74, 6) is 0. The molecule has 0 bridgehead atoms. The lowest BCUT2D eigenvalue weighted by Crippen LogP contribution is -2.23. The van der Waals surface area contributed by atoms with Crippen LogP contribution in [0.25, 0.3) is 10.9 Å². The first-order valence-electron chi connectivity index (χ1n) is 5.06. The molecule has 0 saturated heterocycles. The molecule has 0 aliphatic rings. The van der Waals surface area contributed by atoms with E-state index in [1.165, 1.54) is 0 Å². The Hall–Kier alpha value is -2.10. The van der Waals surface area contributed by atoms with E-state index in [4.69, 9.17) is 5.11 Å². The van der Waals surface area contributed by atoms with E-state index in [1.807, 2.05) is 30.3 Å². The quantitative estimate of drug-likeness (QED) is 0.825. The van der Waals surface area contributed by atoms with Crippen LogP contribution in [0.3, 0.4) is 0 Å². The van der Waals surface area contributed by atoms with Gasteiger partial charge in [0.25, 0.3) is 0 Å². The summed E-state index contributed by atoms with van der Waals surface area (Å²) >= 11 is 0. The van der Waals surface area contributed by atoms with E-state index in [1.54, 1.807) is 6.20 Å². The molecule has 0 saturated carbocycles. The Morgan fingerprint density at radius 3 is 3.06 bits per heavy atom. The lowest BCUT2D eigenvalue weighted by molar-refractivity contribution is 0.194. The van der Waals surface area contributed by atoms with Gasteiger partial charge in [-0.15, -0.1) is 0 Å². The fraction of sp³-hybridized carbons (Fsp3) is 0.167. The number of fused-ring (bicyclic) bond motifs is 1. The SMILES string of the molecule is O=C(O)NCCc1ccc2ncccc2c1. The van der Waals surface area contributed by atoms with Gasteiger partial charge in [0.1, 0.15) is 0 Å². The summed E-state index contributed by atoms with van der Waals surface area (Å²) in [6.45, 7) is 0.432. The molecular weight excluding hydrogens is 204 g/mol. The predicted octanol–water partition coefficient (Wildman–Crippen LogP) is 2.04. The molecule has 0 atom stereocenters. The number of amides is 1. The van der Waals surface area contributed by atoms with Crippen molar-refractivity contribution in [2.24, 2.45) is 0 Å². The van der Waals surface area contributed by atoms with Crippen molar-refractivity contribution < 1.29 is 9.90 Å². The van der Waals surface area contributed by atoms with Gasteiger partial charge >= 0.3 is 6.09 Å². The van der Waals surface area contributed by atoms with E-state index < -0.39 is 6.09 Å². The third-order valence-corrected chi connectivity index (χ3v) is 2.36.